The lowest BCUT2D eigenvalue weighted by molar-refractivity contribution is 0.0598. The Balaban J connectivity index is 2.22. The van der Waals surface area contributed by atoms with Gasteiger partial charge in [0.25, 0.3) is 0 Å². The van der Waals surface area contributed by atoms with E-state index < -0.39 is 11.6 Å². The lowest BCUT2D eigenvalue weighted by Gasteiger charge is -2.22. The van der Waals surface area contributed by atoms with Crippen LogP contribution in [0.15, 0.2) is 42.7 Å². The monoisotopic (exact) mass is 310 g/mol. The third-order valence-corrected chi connectivity index (χ3v) is 3.83. The first-order valence-electron chi connectivity index (χ1n) is 7.29. The number of ether oxygens (including phenoxy) is 1. The number of methoxy groups -OCH3 is 1. The van der Waals surface area contributed by atoms with Gasteiger partial charge in [-0.25, -0.2) is 9.78 Å². The normalized spacial score (nSPS) is 11.7. The summed E-state index contributed by atoms with van der Waals surface area (Å²) in [5.41, 5.74) is 3.57. The maximum Gasteiger partial charge on any atom is 0.337 e. The predicted octanol–water partition coefficient (Wildman–Crippen LogP) is 3.24. The van der Waals surface area contributed by atoms with Gasteiger partial charge in [0.05, 0.1) is 35.6 Å². The third kappa shape index (κ3) is 2.83. The van der Waals surface area contributed by atoms with Crippen molar-refractivity contribution in [2.24, 2.45) is 0 Å². The van der Waals surface area contributed by atoms with Crippen LogP contribution in [-0.4, -0.2) is 28.2 Å². The molecule has 3 rings (SSSR count). The molecule has 0 saturated carbocycles. The summed E-state index contributed by atoms with van der Waals surface area (Å²) < 4.78 is 4.79. The number of rotatable bonds is 3. The fourth-order valence-electron chi connectivity index (χ4n) is 2.66. The highest BCUT2D eigenvalue weighted by atomic mass is 16.5. The van der Waals surface area contributed by atoms with Gasteiger partial charge < -0.3 is 14.8 Å². The number of H-pyrrole nitrogens is 1. The van der Waals surface area contributed by atoms with Crippen molar-refractivity contribution in [3.63, 3.8) is 0 Å². The maximum absolute atomic E-state index is 11.8. The van der Waals surface area contributed by atoms with E-state index in [-0.39, 0.29) is 0 Å². The summed E-state index contributed by atoms with van der Waals surface area (Å²) in [6.07, 6.45) is 1.64. The van der Waals surface area contributed by atoms with Crippen LogP contribution in [0.4, 0.5) is 0 Å². The summed E-state index contributed by atoms with van der Waals surface area (Å²) in [5.74, 6) is -0.408. The number of carbonyl (C=O) groups excluding carboxylic acids is 1. The molecule has 5 heteroatoms. The zero-order chi connectivity index (χ0) is 16.6. The Labute approximate surface area is 133 Å². The van der Waals surface area contributed by atoms with Crippen LogP contribution in [0.1, 0.15) is 29.8 Å². The van der Waals surface area contributed by atoms with Crippen LogP contribution in [-0.2, 0) is 10.3 Å². The van der Waals surface area contributed by atoms with Crippen molar-refractivity contribution >= 4 is 17.0 Å². The van der Waals surface area contributed by atoms with Gasteiger partial charge in [-0.15, -0.1) is 0 Å². The van der Waals surface area contributed by atoms with Crippen molar-refractivity contribution in [3.8, 4) is 11.1 Å². The summed E-state index contributed by atoms with van der Waals surface area (Å²) in [7, 11) is 1.35. The van der Waals surface area contributed by atoms with E-state index in [4.69, 9.17) is 4.74 Å². The van der Waals surface area contributed by atoms with Crippen LogP contribution in [0.3, 0.4) is 0 Å². The minimum atomic E-state index is -1.04. The molecule has 0 atom stereocenters. The number of hydrogen-bond acceptors (Lipinski definition) is 4. The predicted molar refractivity (Wildman–Crippen MR) is 88.1 cm³/mol. The Kier molecular flexibility index (Phi) is 3.66. The standard InChI is InChI=1S/C18H18N2O3/c1-18(2,22)14-6-4-12(17(21)23-3)8-13(14)11-5-7-15-16(9-11)20-10-19-15/h4-10,22H,1-3H3,(H,19,20). The van der Waals surface area contributed by atoms with E-state index in [1.807, 2.05) is 18.2 Å². The number of fused-ring (bicyclic) bond motifs is 1. The molecule has 0 saturated heterocycles. The summed E-state index contributed by atoms with van der Waals surface area (Å²) in [4.78, 5) is 19.1. The molecule has 0 aliphatic heterocycles. The van der Waals surface area contributed by atoms with Crippen LogP contribution in [0.25, 0.3) is 22.2 Å². The van der Waals surface area contributed by atoms with E-state index >= 15 is 0 Å². The Morgan fingerprint density at radius 3 is 2.70 bits per heavy atom. The van der Waals surface area contributed by atoms with E-state index in [1.165, 1.54) is 7.11 Å². The van der Waals surface area contributed by atoms with Gasteiger partial charge in [-0.1, -0.05) is 12.1 Å². The van der Waals surface area contributed by atoms with Crippen LogP contribution < -0.4 is 0 Å². The second kappa shape index (κ2) is 5.52. The third-order valence-electron chi connectivity index (χ3n) is 3.83. The molecule has 23 heavy (non-hydrogen) atoms. The molecule has 0 spiro atoms. The van der Waals surface area contributed by atoms with Gasteiger partial charge in [0.2, 0.25) is 0 Å². The molecule has 2 N–H and O–H groups in total. The van der Waals surface area contributed by atoms with Crippen molar-refractivity contribution in [3.05, 3.63) is 53.9 Å². The molecular formula is C18H18N2O3. The highest BCUT2D eigenvalue weighted by Gasteiger charge is 2.22. The van der Waals surface area contributed by atoms with Crippen LogP contribution >= 0.6 is 0 Å². The number of aromatic nitrogens is 2. The highest BCUT2D eigenvalue weighted by molar-refractivity contribution is 5.92. The van der Waals surface area contributed by atoms with Gasteiger partial charge in [0, 0.05) is 0 Å². The van der Waals surface area contributed by atoms with Crippen molar-refractivity contribution in [2.45, 2.75) is 19.4 Å². The highest BCUT2D eigenvalue weighted by Crippen LogP contribution is 2.33. The van der Waals surface area contributed by atoms with Crippen molar-refractivity contribution < 1.29 is 14.6 Å². The Hall–Kier alpha value is -2.66. The van der Waals surface area contributed by atoms with E-state index in [0.29, 0.717) is 5.56 Å². The molecule has 118 valence electrons. The summed E-state index contributed by atoms with van der Waals surface area (Å²) in [5, 5.41) is 10.5. The fourth-order valence-corrected chi connectivity index (χ4v) is 2.66. The van der Waals surface area contributed by atoms with Gasteiger partial charge in [-0.3, -0.25) is 0 Å². The van der Waals surface area contributed by atoms with Crippen molar-refractivity contribution in [2.75, 3.05) is 7.11 Å². The Morgan fingerprint density at radius 1 is 1.22 bits per heavy atom. The second-order valence-corrected chi connectivity index (χ2v) is 5.95. The molecule has 0 aliphatic rings. The summed E-state index contributed by atoms with van der Waals surface area (Å²) in [6, 6.07) is 11.0. The van der Waals surface area contributed by atoms with Crippen LogP contribution in [0.5, 0.6) is 0 Å². The average molecular weight is 310 g/mol. The topological polar surface area (TPSA) is 75.2 Å². The molecule has 0 unspecified atom stereocenters. The first-order chi connectivity index (χ1) is 10.9. The molecule has 1 heterocycles. The summed E-state index contributed by atoms with van der Waals surface area (Å²) in [6.45, 7) is 3.44. The van der Waals surface area contributed by atoms with Crippen molar-refractivity contribution in [1.82, 2.24) is 9.97 Å². The number of esters is 1. The zero-order valence-corrected chi connectivity index (χ0v) is 13.3. The number of nitrogens with one attached hydrogen (secondary N) is 1. The quantitative estimate of drug-likeness (QED) is 0.728. The molecule has 5 nitrogen and oxygen atoms in total. The Morgan fingerprint density at radius 2 is 2.00 bits per heavy atom. The van der Waals surface area contributed by atoms with E-state index in [9.17, 15) is 9.90 Å². The van der Waals surface area contributed by atoms with E-state index in [2.05, 4.69) is 9.97 Å². The van der Waals surface area contributed by atoms with Gasteiger partial charge in [-0.2, -0.15) is 0 Å². The lowest BCUT2D eigenvalue weighted by atomic mass is 9.88. The second-order valence-electron chi connectivity index (χ2n) is 5.95. The number of aliphatic hydroxyl groups is 1. The molecule has 2 aromatic carbocycles. The minimum Gasteiger partial charge on any atom is -0.465 e. The molecule has 0 radical (unpaired) electrons. The molecule has 1 aromatic heterocycles. The Bertz CT molecular complexity index is 875. The minimum absolute atomic E-state index is 0.408. The number of benzene rings is 2. The van der Waals surface area contributed by atoms with Crippen molar-refractivity contribution in [1.29, 1.82) is 0 Å². The van der Waals surface area contributed by atoms with E-state index in [1.54, 1.807) is 38.4 Å². The average Bonchev–Trinajstić information content (AvgIpc) is 3.00. The maximum atomic E-state index is 11.8. The number of hydrogen-bond donors (Lipinski definition) is 2. The molecule has 3 aromatic rings. The van der Waals surface area contributed by atoms with Gasteiger partial charge in [-0.05, 0) is 54.8 Å². The lowest BCUT2D eigenvalue weighted by Crippen LogP contribution is -2.17. The number of imidazole rings is 1. The van der Waals surface area contributed by atoms with Gasteiger partial charge in [0.15, 0.2) is 0 Å². The molecule has 0 aliphatic carbocycles. The first-order valence-corrected chi connectivity index (χ1v) is 7.29. The van der Waals surface area contributed by atoms with E-state index in [0.717, 1.165) is 27.7 Å². The molecular weight excluding hydrogens is 292 g/mol. The largest absolute Gasteiger partial charge is 0.465 e. The van der Waals surface area contributed by atoms with Crippen LogP contribution in [0.2, 0.25) is 0 Å². The molecule has 0 bridgehead atoms. The summed E-state index contributed by atoms with van der Waals surface area (Å²) >= 11 is 0. The number of nitrogens with zero attached hydrogens (tertiary/aromatic N) is 1. The fraction of sp³-hybridized carbons (Fsp3) is 0.222. The smallest absolute Gasteiger partial charge is 0.337 e. The zero-order valence-electron chi connectivity index (χ0n) is 13.3. The van der Waals surface area contributed by atoms with Gasteiger partial charge >= 0.3 is 5.97 Å². The first kappa shape index (κ1) is 15.2. The molecule has 0 amide bonds. The van der Waals surface area contributed by atoms with Gasteiger partial charge in [0.1, 0.15) is 0 Å². The SMILES string of the molecule is COC(=O)c1ccc(C(C)(C)O)c(-c2ccc3[nH]cnc3c2)c1. The number of carbonyl (C=O) groups is 1. The number of aromatic amines is 1. The van der Waals surface area contributed by atoms with Crippen LogP contribution in [0, 0.1) is 0 Å². The molecule has 0 fully saturated rings.